The summed E-state index contributed by atoms with van der Waals surface area (Å²) < 4.78 is 0. The number of aromatic nitrogens is 1. The molecular weight excluding hydrogens is 166 g/mol. The molecule has 4 heteroatoms. The molecule has 13 heavy (non-hydrogen) atoms. The van der Waals surface area contributed by atoms with Gasteiger partial charge in [0.15, 0.2) is 6.07 Å². The first-order valence-electron chi connectivity index (χ1n) is 3.31. The average molecular weight is 169 g/mol. The SMILES string of the molecule is N#CC#Cc1c[nH]c(=O)c(C#N)c1. The summed E-state index contributed by atoms with van der Waals surface area (Å²) in [6.07, 6.45) is 1.35. The van der Waals surface area contributed by atoms with E-state index in [-0.39, 0.29) is 5.56 Å². The molecule has 0 aliphatic heterocycles. The number of hydrogen-bond donors (Lipinski definition) is 1. The van der Waals surface area contributed by atoms with Gasteiger partial charge in [-0.05, 0) is 12.0 Å². The van der Waals surface area contributed by atoms with Gasteiger partial charge in [0.25, 0.3) is 5.56 Å². The molecule has 0 aliphatic rings. The van der Waals surface area contributed by atoms with Crippen LogP contribution in [0.2, 0.25) is 0 Å². The van der Waals surface area contributed by atoms with Crippen molar-refractivity contribution in [3.63, 3.8) is 0 Å². The van der Waals surface area contributed by atoms with Crippen LogP contribution >= 0.6 is 0 Å². The summed E-state index contributed by atoms with van der Waals surface area (Å²) in [6.45, 7) is 0. The molecule has 0 atom stereocenters. The van der Waals surface area contributed by atoms with Crippen molar-refractivity contribution in [1.82, 2.24) is 4.98 Å². The molecule has 0 amide bonds. The predicted molar refractivity (Wildman–Crippen MR) is 44.3 cm³/mol. The van der Waals surface area contributed by atoms with Gasteiger partial charge in [-0.1, -0.05) is 0 Å². The van der Waals surface area contributed by atoms with E-state index in [1.807, 2.05) is 0 Å². The van der Waals surface area contributed by atoms with E-state index in [1.54, 1.807) is 12.1 Å². The molecule has 1 aromatic heterocycles. The quantitative estimate of drug-likeness (QED) is 0.560. The van der Waals surface area contributed by atoms with Gasteiger partial charge in [0, 0.05) is 17.7 Å². The summed E-state index contributed by atoms with van der Waals surface area (Å²) in [5.74, 6) is 4.62. The van der Waals surface area contributed by atoms with Gasteiger partial charge in [-0.2, -0.15) is 10.5 Å². The maximum atomic E-state index is 10.9. The van der Waals surface area contributed by atoms with Crippen LogP contribution in [0.25, 0.3) is 0 Å². The number of nitriles is 2. The van der Waals surface area contributed by atoms with E-state index in [4.69, 9.17) is 10.5 Å². The average Bonchev–Trinajstić information content (AvgIpc) is 2.16. The van der Waals surface area contributed by atoms with Crippen LogP contribution in [-0.2, 0) is 0 Å². The van der Waals surface area contributed by atoms with Crippen LogP contribution in [0, 0.1) is 34.5 Å². The largest absolute Gasteiger partial charge is 0.327 e. The van der Waals surface area contributed by atoms with E-state index >= 15 is 0 Å². The number of rotatable bonds is 0. The van der Waals surface area contributed by atoms with E-state index in [0.29, 0.717) is 5.56 Å². The molecule has 60 valence electrons. The first-order chi connectivity index (χ1) is 6.27. The Labute approximate surface area is 74.1 Å². The van der Waals surface area contributed by atoms with Crippen LogP contribution in [0.3, 0.4) is 0 Å². The van der Waals surface area contributed by atoms with Gasteiger partial charge >= 0.3 is 0 Å². The van der Waals surface area contributed by atoms with Crippen molar-refractivity contribution in [3.05, 3.63) is 33.7 Å². The Bertz CT molecular complexity index is 517. The van der Waals surface area contributed by atoms with E-state index in [9.17, 15) is 4.79 Å². The Balaban J connectivity index is 3.26. The highest BCUT2D eigenvalue weighted by molar-refractivity contribution is 5.40. The summed E-state index contributed by atoms with van der Waals surface area (Å²) >= 11 is 0. The third-order valence-corrected chi connectivity index (χ3v) is 1.29. The molecule has 1 rings (SSSR count). The lowest BCUT2D eigenvalue weighted by atomic mass is 10.2. The van der Waals surface area contributed by atoms with E-state index < -0.39 is 5.56 Å². The van der Waals surface area contributed by atoms with Gasteiger partial charge in [0.1, 0.15) is 11.6 Å². The Morgan fingerprint density at radius 2 is 2.15 bits per heavy atom. The highest BCUT2D eigenvalue weighted by Gasteiger charge is 1.97. The van der Waals surface area contributed by atoms with E-state index in [0.717, 1.165) is 0 Å². The zero-order valence-electron chi connectivity index (χ0n) is 6.46. The lowest BCUT2D eigenvalue weighted by molar-refractivity contribution is 1.20. The normalized spacial score (nSPS) is 7.54. The molecule has 0 fully saturated rings. The number of nitrogens with zero attached hydrogens (tertiary/aromatic N) is 2. The molecule has 1 aromatic rings. The minimum absolute atomic E-state index is 0.00950. The molecule has 0 aromatic carbocycles. The molecule has 0 radical (unpaired) electrons. The van der Waals surface area contributed by atoms with Crippen LogP contribution in [0.4, 0.5) is 0 Å². The predicted octanol–water partition coefficient (Wildman–Crippen LogP) is 0.122. The number of nitrogens with one attached hydrogen (secondary N) is 1. The fourth-order valence-corrected chi connectivity index (χ4v) is 0.739. The van der Waals surface area contributed by atoms with Crippen LogP contribution in [0.1, 0.15) is 11.1 Å². The lowest BCUT2D eigenvalue weighted by Gasteiger charge is -1.88. The van der Waals surface area contributed by atoms with Crippen LogP contribution < -0.4 is 5.56 Å². The van der Waals surface area contributed by atoms with Crippen molar-refractivity contribution in [2.45, 2.75) is 0 Å². The first-order valence-corrected chi connectivity index (χ1v) is 3.31. The zero-order valence-corrected chi connectivity index (χ0v) is 6.46. The number of H-pyrrole nitrogens is 1. The molecule has 0 bridgehead atoms. The zero-order chi connectivity index (χ0) is 9.68. The van der Waals surface area contributed by atoms with Gasteiger partial charge in [0.05, 0.1) is 0 Å². The Hall–Kier alpha value is -2.51. The molecule has 4 nitrogen and oxygen atoms in total. The highest BCUT2D eigenvalue weighted by Crippen LogP contribution is 1.94. The van der Waals surface area contributed by atoms with E-state index in [1.165, 1.54) is 12.3 Å². The maximum absolute atomic E-state index is 10.9. The van der Waals surface area contributed by atoms with Crippen molar-refractivity contribution < 1.29 is 0 Å². The molecule has 0 aliphatic carbocycles. The van der Waals surface area contributed by atoms with Crippen molar-refractivity contribution >= 4 is 0 Å². The Kier molecular flexibility index (Phi) is 2.48. The summed E-state index contributed by atoms with van der Waals surface area (Å²) in [5, 5.41) is 16.6. The van der Waals surface area contributed by atoms with Gasteiger partial charge in [-0.3, -0.25) is 4.79 Å². The van der Waals surface area contributed by atoms with Crippen molar-refractivity contribution in [3.8, 4) is 24.0 Å². The molecule has 0 saturated carbocycles. The lowest BCUT2D eigenvalue weighted by Crippen LogP contribution is -2.08. The van der Waals surface area contributed by atoms with E-state index in [2.05, 4.69) is 16.8 Å². The molecule has 0 unspecified atom stereocenters. The Morgan fingerprint density at radius 1 is 1.38 bits per heavy atom. The molecular formula is C9H3N3O. The monoisotopic (exact) mass is 169 g/mol. The fourth-order valence-electron chi connectivity index (χ4n) is 0.739. The topological polar surface area (TPSA) is 80.4 Å². The van der Waals surface area contributed by atoms with Crippen LogP contribution in [0.5, 0.6) is 0 Å². The van der Waals surface area contributed by atoms with Gasteiger partial charge < -0.3 is 4.98 Å². The summed E-state index contributed by atoms with van der Waals surface area (Å²) in [6, 6.07) is 4.69. The highest BCUT2D eigenvalue weighted by atomic mass is 16.1. The third kappa shape index (κ3) is 1.96. The number of pyridine rings is 1. The third-order valence-electron chi connectivity index (χ3n) is 1.29. The summed E-state index contributed by atoms with van der Waals surface area (Å²) in [5.41, 5.74) is -0.0209. The minimum Gasteiger partial charge on any atom is -0.327 e. The number of aromatic amines is 1. The van der Waals surface area contributed by atoms with Crippen molar-refractivity contribution in [2.75, 3.05) is 0 Å². The fraction of sp³-hybridized carbons (Fsp3) is 0. The smallest absolute Gasteiger partial charge is 0.265 e. The maximum Gasteiger partial charge on any atom is 0.265 e. The molecule has 0 saturated heterocycles. The summed E-state index contributed by atoms with van der Waals surface area (Å²) in [7, 11) is 0. The molecule has 1 heterocycles. The second-order valence-electron chi connectivity index (χ2n) is 2.10. The molecule has 0 spiro atoms. The minimum atomic E-state index is -0.454. The van der Waals surface area contributed by atoms with Gasteiger partial charge in [0.2, 0.25) is 0 Å². The van der Waals surface area contributed by atoms with Gasteiger partial charge in [-0.25, -0.2) is 0 Å². The van der Waals surface area contributed by atoms with Crippen molar-refractivity contribution in [2.24, 2.45) is 0 Å². The second-order valence-corrected chi connectivity index (χ2v) is 2.10. The van der Waals surface area contributed by atoms with Gasteiger partial charge in [-0.15, -0.1) is 0 Å². The standard InChI is InChI=1S/C9H3N3O/c10-3-1-2-7-4-8(5-11)9(13)12-6-7/h4,6H,(H,12,13). The molecule has 1 N–H and O–H groups in total. The van der Waals surface area contributed by atoms with Crippen molar-refractivity contribution in [1.29, 1.82) is 10.5 Å². The van der Waals surface area contributed by atoms with Crippen LogP contribution in [0.15, 0.2) is 17.1 Å². The summed E-state index contributed by atoms with van der Waals surface area (Å²) in [4.78, 5) is 13.2. The first kappa shape index (κ1) is 8.59. The number of hydrogen-bond acceptors (Lipinski definition) is 3. The Morgan fingerprint density at radius 3 is 2.77 bits per heavy atom. The van der Waals surface area contributed by atoms with Crippen LogP contribution in [-0.4, -0.2) is 4.98 Å². The second kappa shape index (κ2) is 3.76.